The Kier molecular flexibility index (Phi) is 2.66. The highest BCUT2D eigenvalue weighted by atomic mass is 16.5. The normalized spacial score (nSPS) is 10.4. The fraction of sp³-hybridized carbons (Fsp3) is 0.222. The number of benzene rings is 1. The lowest BCUT2D eigenvalue weighted by molar-refractivity contribution is -0.413. The largest absolute Gasteiger partial charge is 0.496 e. The van der Waals surface area contributed by atoms with E-state index in [-0.39, 0.29) is 0 Å². The molecule has 0 saturated carbocycles. The molecule has 0 radical (unpaired) electrons. The molecular weight excluding hydrogens is 138 g/mol. The lowest BCUT2D eigenvalue weighted by Gasteiger charge is -1.99. The molecule has 1 aromatic carbocycles. The Morgan fingerprint density at radius 3 is 2.73 bits per heavy atom. The Morgan fingerprint density at radius 1 is 1.36 bits per heavy atom. The van der Waals surface area contributed by atoms with Gasteiger partial charge in [-0.1, -0.05) is 12.1 Å². The number of ether oxygens (including phenoxy) is 1. The van der Waals surface area contributed by atoms with Crippen LogP contribution in [0.4, 0.5) is 0 Å². The summed E-state index contributed by atoms with van der Waals surface area (Å²) < 4.78 is 5.13. The summed E-state index contributed by atoms with van der Waals surface area (Å²) in [5.74, 6) is 0.891. The fourth-order valence-corrected chi connectivity index (χ4v) is 0.941. The highest BCUT2D eigenvalue weighted by Gasteiger charge is 1.98. The van der Waals surface area contributed by atoms with Gasteiger partial charge in [0, 0.05) is 0 Å². The molecule has 1 N–H and O–H groups in total. The summed E-state index contributed by atoms with van der Waals surface area (Å²) in [6.07, 6.45) is 1.90. The zero-order valence-electron chi connectivity index (χ0n) is 6.79. The first kappa shape index (κ1) is 7.79. The van der Waals surface area contributed by atoms with Gasteiger partial charge in [-0.25, -0.2) is 0 Å². The zero-order valence-corrected chi connectivity index (χ0v) is 6.79. The maximum Gasteiger partial charge on any atom is 0.172 e. The van der Waals surface area contributed by atoms with Crippen LogP contribution < -0.4 is 9.73 Å². The predicted octanol–water partition coefficient (Wildman–Crippen LogP) is -0.175. The minimum absolute atomic E-state index is 0.891. The van der Waals surface area contributed by atoms with Crippen molar-refractivity contribution >= 4 is 6.21 Å². The Hall–Kier alpha value is -1.31. The number of para-hydroxylation sites is 1. The van der Waals surface area contributed by atoms with Crippen LogP contribution in [-0.4, -0.2) is 20.4 Å². The average Bonchev–Trinajstić information content (AvgIpc) is 2.06. The molecule has 0 atom stereocenters. The van der Waals surface area contributed by atoms with Crippen molar-refractivity contribution in [1.82, 2.24) is 0 Å². The van der Waals surface area contributed by atoms with Gasteiger partial charge in [0.1, 0.15) is 12.8 Å². The topological polar surface area (TPSA) is 23.2 Å². The van der Waals surface area contributed by atoms with Crippen molar-refractivity contribution in [3.05, 3.63) is 29.8 Å². The van der Waals surface area contributed by atoms with Crippen molar-refractivity contribution in [3.63, 3.8) is 0 Å². The molecule has 0 aromatic heterocycles. The summed E-state index contributed by atoms with van der Waals surface area (Å²) in [5, 5.41) is 0. The van der Waals surface area contributed by atoms with E-state index in [1.54, 1.807) is 7.11 Å². The second-order valence-electron chi connectivity index (χ2n) is 2.17. The van der Waals surface area contributed by atoms with Gasteiger partial charge in [-0.2, -0.15) is 0 Å². The average molecular weight is 150 g/mol. The van der Waals surface area contributed by atoms with Crippen LogP contribution >= 0.6 is 0 Å². The SMILES string of the molecule is C[NH+]=Cc1ccccc1OC. The molecule has 11 heavy (non-hydrogen) atoms. The van der Waals surface area contributed by atoms with E-state index in [4.69, 9.17) is 4.74 Å². The first-order valence-electron chi connectivity index (χ1n) is 3.52. The van der Waals surface area contributed by atoms with E-state index in [0.717, 1.165) is 11.3 Å². The van der Waals surface area contributed by atoms with Crippen LogP contribution in [0.15, 0.2) is 24.3 Å². The second kappa shape index (κ2) is 3.76. The van der Waals surface area contributed by atoms with Gasteiger partial charge in [-0.3, -0.25) is 4.99 Å². The molecule has 0 aliphatic rings. The highest BCUT2D eigenvalue weighted by Crippen LogP contribution is 2.13. The van der Waals surface area contributed by atoms with Gasteiger partial charge < -0.3 is 4.74 Å². The number of rotatable bonds is 2. The zero-order chi connectivity index (χ0) is 8.10. The van der Waals surface area contributed by atoms with E-state index < -0.39 is 0 Å². The Bertz CT molecular complexity index is 255. The van der Waals surface area contributed by atoms with Gasteiger partial charge >= 0.3 is 0 Å². The van der Waals surface area contributed by atoms with E-state index in [2.05, 4.69) is 4.99 Å². The van der Waals surface area contributed by atoms with Crippen molar-refractivity contribution in [2.45, 2.75) is 0 Å². The number of nitrogens with one attached hydrogen (secondary N) is 1. The van der Waals surface area contributed by atoms with Gasteiger partial charge in [0.2, 0.25) is 0 Å². The van der Waals surface area contributed by atoms with Crippen molar-refractivity contribution < 1.29 is 9.73 Å². The molecule has 0 amide bonds. The lowest BCUT2D eigenvalue weighted by atomic mass is 10.2. The number of methoxy groups -OCH3 is 1. The molecule has 2 heteroatoms. The molecule has 0 spiro atoms. The van der Waals surface area contributed by atoms with E-state index in [1.165, 1.54) is 0 Å². The molecule has 2 nitrogen and oxygen atoms in total. The van der Waals surface area contributed by atoms with Crippen LogP contribution in [0.5, 0.6) is 5.75 Å². The van der Waals surface area contributed by atoms with Crippen molar-refractivity contribution in [1.29, 1.82) is 0 Å². The van der Waals surface area contributed by atoms with Crippen LogP contribution in [0, 0.1) is 0 Å². The molecule has 0 heterocycles. The molecule has 0 bridgehead atoms. The maximum absolute atomic E-state index is 5.13. The molecule has 1 aromatic rings. The number of hydrogen-bond acceptors (Lipinski definition) is 1. The smallest absolute Gasteiger partial charge is 0.172 e. The second-order valence-corrected chi connectivity index (χ2v) is 2.17. The van der Waals surface area contributed by atoms with Crippen LogP contribution in [0.1, 0.15) is 5.56 Å². The molecule has 0 aliphatic heterocycles. The molecule has 0 aliphatic carbocycles. The monoisotopic (exact) mass is 150 g/mol. The minimum atomic E-state index is 0.891. The van der Waals surface area contributed by atoms with Gasteiger partial charge in [0.25, 0.3) is 0 Å². The van der Waals surface area contributed by atoms with Gasteiger partial charge in [0.15, 0.2) is 6.21 Å². The molecule has 0 unspecified atom stereocenters. The first-order chi connectivity index (χ1) is 5.38. The van der Waals surface area contributed by atoms with Gasteiger partial charge in [-0.05, 0) is 12.1 Å². The van der Waals surface area contributed by atoms with E-state index in [9.17, 15) is 0 Å². The molecule has 0 fully saturated rings. The van der Waals surface area contributed by atoms with E-state index in [0.29, 0.717) is 0 Å². The third-order valence-electron chi connectivity index (χ3n) is 1.44. The predicted molar refractivity (Wildman–Crippen MR) is 45.0 cm³/mol. The third kappa shape index (κ3) is 1.80. The quantitative estimate of drug-likeness (QED) is 0.581. The van der Waals surface area contributed by atoms with Crippen molar-refractivity contribution in [2.24, 2.45) is 0 Å². The van der Waals surface area contributed by atoms with Crippen LogP contribution in [0.3, 0.4) is 0 Å². The third-order valence-corrected chi connectivity index (χ3v) is 1.44. The highest BCUT2D eigenvalue weighted by molar-refractivity contribution is 5.79. The summed E-state index contributed by atoms with van der Waals surface area (Å²) in [4.78, 5) is 2.95. The number of hydrogen-bond donors (Lipinski definition) is 1. The molecule has 0 saturated heterocycles. The summed E-state index contributed by atoms with van der Waals surface area (Å²) in [6, 6.07) is 7.86. The van der Waals surface area contributed by atoms with Crippen molar-refractivity contribution in [3.8, 4) is 5.75 Å². The maximum atomic E-state index is 5.13. The van der Waals surface area contributed by atoms with Crippen LogP contribution in [0.25, 0.3) is 0 Å². The van der Waals surface area contributed by atoms with E-state index >= 15 is 0 Å². The fourth-order valence-electron chi connectivity index (χ4n) is 0.941. The van der Waals surface area contributed by atoms with Gasteiger partial charge in [0.05, 0.1) is 12.7 Å². The van der Waals surface area contributed by atoms with Crippen LogP contribution in [-0.2, 0) is 0 Å². The molecular formula is C9H12NO+. The molecule has 58 valence electrons. The Balaban J connectivity index is 3.02. The summed E-state index contributed by atoms with van der Waals surface area (Å²) >= 11 is 0. The first-order valence-corrected chi connectivity index (χ1v) is 3.52. The summed E-state index contributed by atoms with van der Waals surface area (Å²) in [5.41, 5.74) is 1.07. The van der Waals surface area contributed by atoms with Gasteiger partial charge in [-0.15, -0.1) is 0 Å². The minimum Gasteiger partial charge on any atom is -0.496 e. The van der Waals surface area contributed by atoms with E-state index in [1.807, 2.05) is 37.5 Å². The van der Waals surface area contributed by atoms with Crippen LogP contribution in [0.2, 0.25) is 0 Å². The Morgan fingerprint density at radius 2 is 2.09 bits per heavy atom. The summed E-state index contributed by atoms with van der Waals surface area (Å²) in [7, 11) is 3.54. The molecule has 1 rings (SSSR count). The Labute approximate surface area is 66.5 Å². The lowest BCUT2D eigenvalue weighted by Crippen LogP contribution is -2.63. The summed E-state index contributed by atoms with van der Waals surface area (Å²) in [6.45, 7) is 0. The standard InChI is InChI=1S/C9H11NO/c1-10-7-8-5-3-4-6-9(8)11-2/h3-7H,1-2H3/p+1. The van der Waals surface area contributed by atoms with Crippen molar-refractivity contribution in [2.75, 3.05) is 14.2 Å².